The van der Waals surface area contributed by atoms with Crippen LogP contribution in [-0.2, 0) is 14.3 Å². The predicted molar refractivity (Wildman–Crippen MR) is 59.7 cm³/mol. The van der Waals surface area contributed by atoms with E-state index in [-0.39, 0.29) is 11.4 Å². The van der Waals surface area contributed by atoms with E-state index in [1.165, 1.54) is 6.92 Å². The zero-order chi connectivity index (χ0) is 12.8. The molecule has 0 aromatic heterocycles. The molecule has 0 radical (unpaired) electrons. The third-order valence-corrected chi connectivity index (χ3v) is 2.77. The van der Waals surface area contributed by atoms with E-state index in [2.05, 4.69) is 0 Å². The number of hydrogen-bond donors (Lipinski definition) is 1. The Morgan fingerprint density at radius 1 is 1.38 bits per heavy atom. The Balaban J connectivity index is 2.83. The molecule has 4 nitrogen and oxygen atoms in total. The molecule has 0 bridgehead atoms. The molecule has 1 rings (SSSR count). The minimum Gasteiger partial charge on any atom is -0.456 e. The Bertz CT molecular complexity index is 270. The summed E-state index contributed by atoms with van der Waals surface area (Å²) >= 11 is 0. The first-order valence-electron chi connectivity index (χ1n) is 5.54. The first-order valence-corrected chi connectivity index (χ1v) is 5.54. The molecule has 0 aromatic rings. The number of rotatable bonds is 1. The van der Waals surface area contributed by atoms with Gasteiger partial charge in [-0.2, -0.15) is 0 Å². The predicted octanol–water partition coefficient (Wildman–Crippen LogP) is 1.71. The summed E-state index contributed by atoms with van der Waals surface area (Å²) in [6.45, 7) is 11.1. The second kappa shape index (κ2) is 3.70. The molecule has 0 amide bonds. The molecule has 1 fully saturated rings. The van der Waals surface area contributed by atoms with E-state index in [4.69, 9.17) is 9.47 Å². The van der Waals surface area contributed by atoms with Gasteiger partial charge in [-0.1, -0.05) is 13.8 Å². The third-order valence-electron chi connectivity index (χ3n) is 2.77. The Hall–Kier alpha value is -0.610. The smallest absolute Gasteiger partial charge is 0.311 e. The maximum Gasteiger partial charge on any atom is 0.311 e. The van der Waals surface area contributed by atoms with E-state index in [0.29, 0.717) is 6.61 Å². The van der Waals surface area contributed by atoms with Crippen LogP contribution in [0.15, 0.2) is 0 Å². The maximum absolute atomic E-state index is 11.8. The lowest BCUT2D eigenvalue weighted by atomic mass is 9.85. The lowest BCUT2D eigenvalue weighted by molar-refractivity contribution is -0.221. The maximum atomic E-state index is 11.8. The minimum atomic E-state index is -1.40. The van der Waals surface area contributed by atoms with Gasteiger partial charge in [0.25, 0.3) is 0 Å². The normalized spacial score (nSPS) is 33.8. The van der Waals surface area contributed by atoms with Crippen LogP contribution in [0.1, 0.15) is 41.5 Å². The van der Waals surface area contributed by atoms with Crippen molar-refractivity contribution in [2.24, 2.45) is 10.8 Å². The Kier molecular flexibility index (Phi) is 3.12. The van der Waals surface area contributed by atoms with Crippen molar-refractivity contribution in [1.82, 2.24) is 0 Å². The molecule has 1 N–H and O–H groups in total. The van der Waals surface area contributed by atoms with Gasteiger partial charge < -0.3 is 14.6 Å². The van der Waals surface area contributed by atoms with Crippen LogP contribution in [-0.4, -0.2) is 29.6 Å². The van der Waals surface area contributed by atoms with Crippen molar-refractivity contribution < 1.29 is 19.4 Å². The fraction of sp³-hybridized carbons (Fsp3) is 0.917. The molecular weight excluding hydrogens is 208 g/mol. The molecule has 0 aromatic carbocycles. The topological polar surface area (TPSA) is 55.8 Å². The van der Waals surface area contributed by atoms with Crippen LogP contribution in [0, 0.1) is 10.8 Å². The van der Waals surface area contributed by atoms with Gasteiger partial charge in [-0.05, 0) is 27.7 Å². The summed E-state index contributed by atoms with van der Waals surface area (Å²) in [5.41, 5.74) is -0.945. The summed E-state index contributed by atoms with van der Waals surface area (Å²) in [6.07, 6.45) is -0.633. The standard InChI is InChI=1S/C12H22O4/c1-10(2,3)9(13)16-8-11(4,5)7-15-12(8,6)14/h8,14H,7H2,1-6H3. The van der Waals surface area contributed by atoms with E-state index >= 15 is 0 Å². The van der Waals surface area contributed by atoms with Gasteiger partial charge in [-0.3, -0.25) is 4.79 Å². The fourth-order valence-electron chi connectivity index (χ4n) is 1.76. The van der Waals surface area contributed by atoms with Gasteiger partial charge in [0.15, 0.2) is 6.10 Å². The van der Waals surface area contributed by atoms with E-state index in [1.807, 2.05) is 13.8 Å². The average molecular weight is 230 g/mol. The highest BCUT2D eigenvalue weighted by molar-refractivity contribution is 5.75. The van der Waals surface area contributed by atoms with Crippen LogP contribution < -0.4 is 0 Å². The molecule has 16 heavy (non-hydrogen) atoms. The van der Waals surface area contributed by atoms with Crippen molar-refractivity contribution in [2.75, 3.05) is 6.61 Å². The second-order valence-corrected chi connectivity index (χ2v) is 6.37. The molecule has 1 aliphatic heterocycles. The van der Waals surface area contributed by atoms with Crippen molar-refractivity contribution in [1.29, 1.82) is 0 Å². The molecule has 1 heterocycles. The number of carbonyl (C=O) groups excluding carboxylic acids is 1. The molecule has 0 spiro atoms. The zero-order valence-electron chi connectivity index (χ0n) is 11.0. The van der Waals surface area contributed by atoms with Crippen LogP contribution in [0.4, 0.5) is 0 Å². The Labute approximate surface area is 96.9 Å². The molecular formula is C12H22O4. The largest absolute Gasteiger partial charge is 0.456 e. The lowest BCUT2D eigenvalue weighted by Gasteiger charge is -2.33. The zero-order valence-corrected chi connectivity index (χ0v) is 11.0. The number of aliphatic hydroxyl groups is 1. The molecule has 2 atom stereocenters. The van der Waals surface area contributed by atoms with Crippen molar-refractivity contribution in [3.63, 3.8) is 0 Å². The van der Waals surface area contributed by atoms with Gasteiger partial charge in [-0.15, -0.1) is 0 Å². The van der Waals surface area contributed by atoms with E-state index < -0.39 is 17.3 Å². The summed E-state index contributed by atoms with van der Waals surface area (Å²) < 4.78 is 10.7. The van der Waals surface area contributed by atoms with Crippen molar-refractivity contribution in [3.05, 3.63) is 0 Å². The van der Waals surface area contributed by atoms with E-state index in [0.717, 1.165) is 0 Å². The van der Waals surface area contributed by atoms with Crippen molar-refractivity contribution in [2.45, 2.75) is 53.4 Å². The SMILES string of the molecule is CC(C)(C)C(=O)OC1C(C)(C)COC1(C)O. The molecule has 2 unspecified atom stereocenters. The van der Waals surface area contributed by atoms with Gasteiger partial charge in [0.05, 0.1) is 12.0 Å². The summed E-state index contributed by atoms with van der Waals surface area (Å²) in [4.78, 5) is 11.8. The quantitative estimate of drug-likeness (QED) is 0.697. The molecule has 1 saturated heterocycles. The van der Waals surface area contributed by atoms with Gasteiger partial charge >= 0.3 is 5.97 Å². The van der Waals surface area contributed by atoms with Crippen LogP contribution in [0.25, 0.3) is 0 Å². The molecule has 0 aliphatic carbocycles. The van der Waals surface area contributed by atoms with Gasteiger partial charge in [0.1, 0.15) is 0 Å². The van der Waals surface area contributed by atoms with Crippen LogP contribution in [0.3, 0.4) is 0 Å². The number of carbonyl (C=O) groups is 1. The average Bonchev–Trinajstić information content (AvgIpc) is 2.26. The molecule has 94 valence electrons. The first-order chi connectivity index (χ1) is 6.97. The van der Waals surface area contributed by atoms with Gasteiger partial charge in [0.2, 0.25) is 5.79 Å². The number of ether oxygens (including phenoxy) is 2. The third kappa shape index (κ3) is 2.55. The second-order valence-electron chi connectivity index (χ2n) is 6.37. The number of hydrogen-bond acceptors (Lipinski definition) is 4. The lowest BCUT2D eigenvalue weighted by Crippen LogP contribution is -2.46. The van der Waals surface area contributed by atoms with E-state index in [1.54, 1.807) is 20.8 Å². The van der Waals surface area contributed by atoms with Crippen molar-refractivity contribution >= 4 is 5.97 Å². The van der Waals surface area contributed by atoms with Crippen LogP contribution in [0.2, 0.25) is 0 Å². The van der Waals surface area contributed by atoms with Crippen LogP contribution in [0.5, 0.6) is 0 Å². The Morgan fingerprint density at radius 3 is 2.19 bits per heavy atom. The van der Waals surface area contributed by atoms with Gasteiger partial charge in [-0.25, -0.2) is 0 Å². The molecule has 0 saturated carbocycles. The highest BCUT2D eigenvalue weighted by Crippen LogP contribution is 2.40. The summed E-state index contributed by atoms with van der Waals surface area (Å²) in [5.74, 6) is -1.72. The fourth-order valence-corrected chi connectivity index (χ4v) is 1.76. The van der Waals surface area contributed by atoms with Crippen LogP contribution >= 0.6 is 0 Å². The number of esters is 1. The van der Waals surface area contributed by atoms with Gasteiger partial charge in [0, 0.05) is 5.41 Å². The Morgan fingerprint density at radius 2 is 1.88 bits per heavy atom. The van der Waals surface area contributed by atoms with Crippen molar-refractivity contribution in [3.8, 4) is 0 Å². The summed E-state index contributed by atoms with van der Waals surface area (Å²) in [6, 6.07) is 0. The molecule has 1 aliphatic rings. The summed E-state index contributed by atoms with van der Waals surface area (Å²) in [5, 5.41) is 10.0. The minimum absolute atomic E-state index is 0.323. The highest BCUT2D eigenvalue weighted by atomic mass is 16.7. The first kappa shape index (κ1) is 13.5. The monoisotopic (exact) mass is 230 g/mol. The summed E-state index contributed by atoms with van der Waals surface area (Å²) in [7, 11) is 0. The molecule has 4 heteroatoms. The van der Waals surface area contributed by atoms with E-state index in [9.17, 15) is 9.90 Å². The highest BCUT2D eigenvalue weighted by Gasteiger charge is 2.53.